The van der Waals surface area contributed by atoms with Crippen LogP contribution in [-0.4, -0.2) is 11.1 Å². The van der Waals surface area contributed by atoms with E-state index in [-0.39, 0.29) is 5.57 Å². The summed E-state index contributed by atoms with van der Waals surface area (Å²) in [4.78, 5) is 10.9. The van der Waals surface area contributed by atoms with E-state index in [0.29, 0.717) is 23.1 Å². The molecule has 17 heavy (non-hydrogen) atoms. The minimum absolute atomic E-state index is 0.253. The van der Waals surface area contributed by atoms with Crippen LogP contribution in [0.15, 0.2) is 29.8 Å². The number of hydrogen-bond donors (Lipinski definition) is 1. The van der Waals surface area contributed by atoms with Crippen LogP contribution in [0.5, 0.6) is 0 Å². The molecule has 0 saturated heterocycles. The van der Waals surface area contributed by atoms with E-state index in [2.05, 4.69) is 0 Å². The first kappa shape index (κ1) is 12.5. The molecule has 0 spiro atoms. The maximum Gasteiger partial charge on any atom is 0.346 e. The fourth-order valence-corrected chi connectivity index (χ4v) is 1.52. The molecule has 0 heterocycles. The highest BCUT2D eigenvalue weighted by atomic mass is 16.4. The summed E-state index contributed by atoms with van der Waals surface area (Å²) >= 11 is 0. The first-order valence-electron chi connectivity index (χ1n) is 5.01. The van der Waals surface area contributed by atoms with E-state index in [1.807, 2.05) is 6.07 Å². The van der Waals surface area contributed by atoms with E-state index < -0.39 is 5.97 Å². The fraction of sp³-hybridized carbons (Fsp3) is 0.154. The van der Waals surface area contributed by atoms with Crippen molar-refractivity contribution in [1.82, 2.24) is 0 Å². The molecular formula is C13H10N2O2. The second-order valence-electron chi connectivity index (χ2n) is 3.31. The van der Waals surface area contributed by atoms with Gasteiger partial charge in [0.15, 0.2) is 0 Å². The molecule has 0 aliphatic heterocycles. The molecule has 1 N–H and O–H groups in total. The molecule has 4 heteroatoms. The number of hydrogen-bond acceptors (Lipinski definition) is 3. The molecule has 4 nitrogen and oxygen atoms in total. The average molecular weight is 226 g/mol. The second-order valence-corrected chi connectivity index (χ2v) is 3.31. The molecule has 0 amide bonds. The normalized spacial score (nSPS) is 11.0. The molecular weight excluding hydrogens is 216 g/mol. The largest absolute Gasteiger partial charge is 0.477 e. The number of rotatable bonds is 3. The molecule has 1 aromatic carbocycles. The van der Waals surface area contributed by atoms with Crippen molar-refractivity contribution in [2.75, 3.05) is 0 Å². The maximum absolute atomic E-state index is 10.9. The minimum atomic E-state index is -1.23. The third kappa shape index (κ3) is 2.70. The maximum atomic E-state index is 10.9. The highest BCUT2D eigenvalue weighted by Gasteiger charge is 2.14. The number of carboxylic acids is 1. The number of nitriles is 2. The van der Waals surface area contributed by atoms with Crippen molar-refractivity contribution in [1.29, 1.82) is 10.5 Å². The van der Waals surface area contributed by atoms with Crippen LogP contribution in [0.25, 0.3) is 5.57 Å². The Bertz CT molecular complexity index is 542. The van der Waals surface area contributed by atoms with Gasteiger partial charge in [-0.05, 0) is 29.7 Å². The number of nitrogens with zero attached hydrogens (tertiary/aromatic N) is 2. The molecule has 0 bridgehead atoms. The van der Waals surface area contributed by atoms with Gasteiger partial charge in [-0.1, -0.05) is 19.1 Å². The van der Waals surface area contributed by atoms with Crippen LogP contribution >= 0.6 is 0 Å². The number of benzene rings is 1. The van der Waals surface area contributed by atoms with Crippen LogP contribution in [0.4, 0.5) is 0 Å². The zero-order chi connectivity index (χ0) is 12.8. The third-order valence-electron chi connectivity index (χ3n) is 2.34. The van der Waals surface area contributed by atoms with Gasteiger partial charge >= 0.3 is 5.97 Å². The Morgan fingerprint density at radius 3 is 2.24 bits per heavy atom. The monoisotopic (exact) mass is 226 g/mol. The number of carboxylic acid groups (broad SMARTS) is 1. The minimum Gasteiger partial charge on any atom is -0.477 e. The van der Waals surface area contributed by atoms with Crippen LogP contribution in [-0.2, 0) is 4.79 Å². The van der Waals surface area contributed by atoms with Gasteiger partial charge in [0, 0.05) is 0 Å². The Hall–Kier alpha value is -2.59. The predicted octanol–water partition coefficient (Wildman–Crippen LogP) is 2.33. The number of aliphatic carboxylic acids is 1. The summed E-state index contributed by atoms with van der Waals surface area (Å²) in [5.74, 6) is -1.23. The van der Waals surface area contributed by atoms with E-state index in [1.165, 1.54) is 0 Å². The van der Waals surface area contributed by atoms with Crippen LogP contribution in [0, 0.1) is 22.7 Å². The summed E-state index contributed by atoms with van der Waals surface area (Å²) in [5.41, 5.74) is 1.38. The Kier molecular flexibility index (Phi) is 4.02. The van der Waals surface area contributed by atoms with Gasteiger partial charge in [-0.25, -0.2) is 4.79 Å². The topological polar surface area (TPSA) is 84.9 Å². The molecule has 1 aromatic rings. The summed E-state index contributed by atoms with van der Waals surface area (Å²) in [6.07, 6.45) is 0.446. The lowest BCUT2D eigenvalue weighted by molar-refractivity contribution is -0.132. The van der Waals surface area contributed by atoms with Crippen molar-refractivity contribution >= 4 is 11.5 Å². The Labute approximate surface area is 99.0 Å². The lowest BCUT2D eigenvalue weighted by atomic mass is 9.97. The summed E-state index contributed by atoms with van der Waals surface area (Å²) < 4.78 is 0. The lowest BCUT2D eigenvalue weighted by Gasteiger charge is -2.06. The molecule has 0 saturated carbocycles. The van der Waals surface area contributed by atoms with Gasteiger partial charge in [0.25, 0.3) is 0 Å². The van der Waals surface area contributed by atoms with Gasteiger partial charge in [0.05, 0.1) is 11.6 Å². The van der Waals surface area contributed by atoms with E-state index in [0.717, 1.165) is 0 Å². The average Bonchev–Trinajstić information content (AvgIpc) is 2.35. The summed E-state index contributed by atoms with van der Waals surface area (Å²) in [6, 6.07) is 10.2. The SMILES string of the molecule is CC/C(=C(\C#N)C(=O)O)c1ccc(C#N)cc1. The molecule has 0 aliphatic carbocycles. The molecule has 0 atom stereocenters. The predicted molar refractivity (Wildman–Crippen MR) is 61.6 cm³/mol. The Morgan fingerprint density at radius 1 is 1.29 bits per heavy atom. The highest BCUT2D eigenvalue weighted by Crippen LogP contribution is 2.22. The van der Waals surface area contributed by atoms with Gasteiger partial charge in [-0.3, -0.25) is 0 Å². The summed E-state index contributed by atoms with van der Waals surface area (Å²) in [7, 11) is 0. The van der Waals surface area contributed by atoms with Crippen molar-refractivity contribution in [2.24, 2.45) is 0 Å². The molecule has 84 valence electrons. The molecule has 0 aliphatic rings. The fourth-order valence-electron chi connectivity index (χ4n) is 1.52. The van der Waals surface area contributed by atoms with Crippen LogP contribution < -0.4 is 0 Å². The van der Waals surface area contributed by atoms with Crippen LogP contribution in [0.1, 0.15) is 24.5 Å². The lowest BCUT2D eigenvalue weighted by Crippen LogP contribution is -2.02. The zero-order valence-corrected chi connectivity index (χ0v) is 9.27. The number of carbonyl (C=O) groups is 1. The molecule has 0 unspecified atom stereocenters. The van der Waals surface area contributed by atoms with E-state index in [1.54, 1.807) is 37.3 Å². The Balaban J connectivity index is 3.32. The summed E-state index contributed by atoms with van der Waals surface area (Å²) in [6.45, 7) is 1.79. The van der Waals surface area contributed by atoms with Gasteiger partial charge in [0.1, 0.15) is 11.6 Å². The van der Waals surface area contributed by atoms with E-state index in [4.69, 9.17) is 15.6 Å². The number of allylic oxidation sites excluding steroid dienone is 1. The van der Waals surface area contributed by atoms with Crippen molar-refractivity contribution in [3.63, 3.8) is 0 Å². The van der Waals surface area contributed by atoms with Crippen molar-refractivity contribution in [3.8, 4) is 12.1 Å². The van der Waals surface area contributed by atoms with Crippen molar-refractivity contribution in [2.45, 2.75) is 13.3 Å². The standard InChI is InChI=1S/C13H10N2O2/c1-2-11(12(8-15)13(16)17)10-5-3-9(7-14)4-6-10/h3-6H,2H2,1H3,(H,16,17)/b12-11-. The third-order valence-corrected chi connectivity index (χ3v) is 2.34. The quantitative estimate of drug-likeness (QED) is 0.633. The smallest absolute Gasteiger partial charge is 0.346 e. The molecule has 0 fully saturated rings. The summed E-state index contributed by atoms with van der Waals surface area (Å²) in [5, 5.41) is 26.4. The second kappa shape index (κ2) is 5.48. The molecule has 0 aromatic heterocycles. The van der Waals surface area contributed by atoms with E-state index in [9.17, 15) is 4.79 Å². The first-order valence-corrected chi connectivity index (χ1v) is 5.01. The van der Waals surface area contributed by atoms with Gasteiger partial charge < -0.3 is 5.11 Å². The van der Waals surface area contributed by atoms with E-state index >= 15 is 0 Å². The Morgan fingerprint density at radius 2 is 1.88 bits per heavy atom. The van der Waals surface area contributed by atoms with Crippen LogP contribution in [0.2, 0.25) is 0 Å². The van der Waals surface area contributed by atoms with Gasteiger partial charge in [-0.2, -0.15) is 10.5 Å². The highest BCUT2D eigenvalue weighted by molar-refractivity contribution is 6.00. The molecule has 1 rings (SSSR count). The van der Waals surface area contributed by atoms with Crippen molar-refractivity contribution < 1.29 is 9.90 Å². The zero-order valence-electron chi connectivity index (χ0n) is 9.27. The van der Waals surface area contributed by atoms with Crippen molar-refractivity contribution in [3.05, 3.63) is 41.0 Å². The first-order chi connectivity index (χ1) is 8.13. The molecule has 0 radical (unpaired) electrons. The van der Waals surface area contributed by atoms with Gasteiger partial charge in [-0.15, -0.1) is 0 Å². The van der Waals surface area contributed by atoms with Gasteiger partial charge in [0.2, 0.25) is 0 Å². The van der Waals surface area contributed by atoms with Crippen LogP contribution in [0.3, 0.4) is 0 Å².